The minimum Gasteiger partial charge on any atom is -0.493 e. The molecule has 1 N–H and O–H groups in total. The molecule has 1 saturated carbocycles. The Bertz CT molecular complexity index is 964. The normalized spacial score (nSPS) is 14.3. The van der Waals surface area contributed by atoms with Gasteiger partial charge in [0.1, 0.15) is 23.1 Å². The molecule has 0 spiro atoms. The summed E-state index contributed by atoms with van der Waals surface area (Å²) in [5, 5.41) is 12.6. The van der Waals surface area contributed by atoms with Crippen LogP contribution in [0.15, 0.2) is 36.5 Å². The highest BCUT2D eigenvalue weighted by molar-refractivity contribution is 6.32. The largest absolute Gasteiger partial charge is 0.493 e. The average molecular weight is 412 g/mol. The third-order valence-electron chi connectivity index (χ3n) is 4.29. The van der Waals surface area contributed by atoms with Crippen LogP contribution in [0.4, 0.5) is 0 Å². The number of amides is 1. The Labute approximate surface area is 175 Å². The van der Waals surface area contributed by atoms with Crippen LogP contribution in [0.25, 0.3) is 6.08 Å². The first-order valence-electron chi connectivity index (χ1n) is 9.40. The van der Waals surface area contributed by atoms with Crippen LogP contribution < -0.4 is 14.8 Å². The van der Waals surface area contributed by atoms with Crippen LogP contribution in [0.2, 0.25) is 5.02 Å². The number of halogens is 1. The van der Waals surface area contributed by atoms with Gasteiger partial charge in [-0.05, 0) is 49.4 Å². The summed E-state index contributed by atoms with van der Waals surface area (Å²) in [4.78, 5) is 15.3. The Kier molecular flexibility index (Phi) is 6.73. The molecule has 0 radical (unpaired) electrons. The van der Waals surface area contributed by atoms with Crippen molar-refractivity contribution in [2.75, 3.05) is 6.61 Å². The number of benzene rings is 1. The summed E-state index contributed by atoms with van der Waals surface area (Å²) in [6.07, 6.45) is 7.63. The molecule has 7 heteroatoms. The molecule has 1 amide bonds. The van der Waals surface area contributed by atoms with Crippen LogP contribution in [0.1, 0.15) is 37.8 Å². The van der Waals surface area contributed by atoms with E-state index in [-0.39, 0.29) is 23.4 Å². The molecule has 3 rings (SSSR count). The van der Waals surface area contributed by atoms with Crippen LogP contribution in [0.3, 0.4) is 0 Å². The highest BCUT2D eigenvalue weighted by atomic mass is 35.5. The maximum atomic E-state index is 11.1. The fourth-order valence-electron chi connectivity index (χ4n) is 2.60. The fourth-order valence-corrected chi connectivity index (χ4v) is 2.81. The van der Waals surface area contributed by atoms with Gasteiger partial charge in [-0.15, -0.1) is 0 Å². The Morgan fingerprint density at radius 1 is 1.45 bits per heavy atom. The van der Waals surface area contributed by atoms with Crippen molar-refractivity contribution < 1.29 is 14.3 Å². The van der Waals surface area contributed by atoms with Crippen molar-refractivity contribution in [3.8, 4) is 23.4 Å². The fraction of sp³-hybridized carbons (Fsp3) is 0.318. The summed E-state index contributed by atoms with van der Waals surface area (Å²) < 4.78 is 11.5. The molecule has 1 aromatic heterocycles. The van der Waals surface area contributed by atoms with E-state index in [2.05, 4.69) is 16.4 Å². The maximum Gasteiger partial charge on any atom is 0.237 e. The predicted molar refractivity (Wildman–Crippen MR) is 111 cm³/mol. The Morgan fingerprint density at radius 3 is 2.90 bits per heavy atom. The van der Waals surface area contributed by atoms with E-state index in [1.165, 1.54) is 19.8 Å². The van der Waals surface area contributed by atoms with Crippen molar-refractivity contribution in [3.05, 3.63) is 52.7 Å². The summed E-state index contributed by atoms with van der Waals surface area (Å²) >= 11 is 6.30. The highest BCUT2D eigenvalue weighted by Gasteiger charge is 2.22. The monoisotopic (exact) mass is 411 g/mol. The molecule has 6 nitrogen and oxygen atoms in total. The minimum absolute atomic E-state index is 0.109. The molecule has 1 fully saturated rings. The zero-order chi connectivity index (χ0) is 20.8. The highest BCUT2D eigenvalue weighted by Crippen LogP contribution is 2.34. The van der Waals surface area contributed by atoms with Crippen molar-refractivity contribution in [1.82, 2.24) is 10.3 Å². The van der Waals surface area contributed by atoms with E-state index in [4.69, 9.17) is 21.1 Å². The second kappa shape index (κ2) is 9.44. The first-order valence-corrected chi connectivity index (χ1v) is 9.78. The number of nitrogens with one attached hydrogen (secondary N) is 1. The van der Waals surface area contributed by atoms with Gasteiger partial charge in [0.15, 0.2) is 0 Å². The molecule has 1 aliphatic carbocycles. The second-order valence-corrected chi connectivity index (χ2v) is 7.44. The number of carbonyl (C=O) groups excluding carboxylic acids is 1. The lowest BCUT2D eigenvalue weighted by atomic mass is 10.1. The molecule has 0 unspecified atom stereocenters. The molecule has 150 valence electrons. The number of ether oxygens (including phenoxy) is 2. The number of rotatable bonds is 8. The van der Waals surface area contributed by atoms with E-state index in [1.807, 2.05) is 13.0 Å². The first kappa shape index (κ1) is 20.7. The number of aromatic nitrogens is 1. The van der Waals surface area contributed by atoms with E-state index < -0.39 is 0 Å². The van der Waals surface area contributed by atoms with E-state index >= 15 is 0 Å². The molecule has 1 heterocycles. The van der Waals surface area contributed by atoms with Crippen molar-refractivity contribution in [2.24, 2.45) is 5.92 Å². The summed E-state index contributed by atoms with van der Waals surface area (Å²) in [5.74, 6) is 1.81. The maximum absolute atomic E-state index is 11.1. The van der Waals surface area contributed by atoms with Crippen LogP contribution in [0.5, 0.6) is 17.4 Å². The standard InChI is InChI=1S/C22H22ClN3O3/c1-14(26-15(2)27)3-4-17-9-18(11-24)22(25-12-17)29-21-8-7-19(10-20(21)23)28-13-16-5-6-16/h3-4,7-10,12,14,16H,5-6,13H2,1-2H3,(H,26,27)/b4-3+/t14-/m0/s1. The van der Waals surface area contributed by atoms with Crippen molar-refractivity contribution in [2.45, 2.75) is 32.7 Å². The van der Waals surface area contributed by atoms with Gasteiger partial charge in [-0.2, -0.15) is 5.26 Å². The van der Waals surface area contributed by atoms with Crippen LogP contribution in [-0.2, 0) is 4.79 Å². The van der Waals surface area contributed by atoms with Crippen molar-refractivity contribution in [3.63, 3.8) is 0 Å². The van der Waals surface area contributed by atoms with Crippen LogP contribution >= 0.6 is 11.6 Å². The summed E-state index contributed by atoms with van der Waals surface area (Å²) in [5.41, 5.74) is 1.01. The van der Waals surface area contributed by atoms with Crippen LogP contribution in [0, 0.1) is 17.2 Å². The molecule has 1 aliphatic rings. The van der Waals surface area contributed by atoms with Gasteiger partial charge in [-0.1, -0.05) is 23.8 Å². The van der Waals surface area contributed by atoms with Gasteiger partial charge in [0.2, 0.25) is 11.8 Å². The summed E-state index contributed by atoms with van der Waals surface area (Å²) in [6, 6.07) is 8.82. The van der Waals surface area contributed by atoms with E-state index in [0.717, 1.165) is 5.56 Å². The Hall–Kier alpha value is -3.04. The van der Waals surface area contributed by atoms with Crippen LogP contribution in [-0.4, -0.2) is 23.5 Å². The number of hydrogen-bond donors (Lipinski definition) is 1. The third kappa shape index (κ3) is 6.23. The van der Waals surface area contributed by atoms with E-state index in [1.54, 1.807) is 36.5 Å². The first-order chi connectivity index (χ1) is 13.9. The molecule has 0 saturated heterocycles. The van der Waals surface area contributed by atoms with E-state index in [0.29, 0.717) is 29.0 Å². The molecule has 0 aliphatic heterocycles. The predicted octanol–water partition coefficient (Wildman–Crippen LogP) is 4.73. The number of hydrogen-bond acceptors (Lipinski definition) is 5. The third-order valence-corrected chi connectivity index (χ3v) is 4.59. The molecule has 0 bridgehead atoms. The Balaban J connectivity index is 1.69. The number of nitrogens with zero attached hydrogens (tertiary/aromatic N) is 2. The van der Waals surface area contributed by atoms with Gasteiger partial charge < -0.3 is 14.8 Å². The molecule has 1 aromatic carbocycles. The molecular weight excluding hydrogens is 390 g/mol. The quantitative estimate of drug-likeness (QED) is 0.679. The second-order valence-electron chi connectivity index (χ2n) is 7.03. The van der Waals surface area contributed by atoms with Gasteiger partial charge in [0.25, 0.3) is 0 Å². The van der Waals surface area contributed by atoms with Crippen molar-refractivity contribution in [1.29, 1.82) is 5.26 Å². The van der Waals surface area contributed by atoms with E-state index in [9.17, 15) is 10.1 Å². The number of pyridine rings is 1. The van der Waals surface area contributed by atoms with Gasteiger partial charge in [-0.3, -0.25) is 4.79 Å². The smallest absolute Gasteiger partial charge is 0.237 e. The lowest BCUT2D eigenvalue weighted by Crippen LogP contribution is -2.28. The Morgan fingerprint density at radius 2 is 2.24 bits per heavy atom. The van der Waals surface area contributed by atoms with Gasteiger partial charge in [0, 0.05) is 25.2 Å². The van der Waals surface area contributed by atoms with Gasteiger partial charge in [-0.25, -0.2) is 4.98 Å². The number of nitriles is 1. The SMILES string of the molecule is CC(=O)N[C@@H](C)/C=C/c1cnc(Oc2ccc(OCC3CC3)cc2Cl)c(C#N)c1. The topological polar surface area (TPSA) is 84.2 Å². The zero-order valence-corrected chi connectivity index (χ0v) is 17.1. The molecule has 1 atom stereocenters. The molecule has 2 aromatic rings. The number of carbonyl (C=O) groups is 1. The van der Waals surface area contributed by atoms with Gasteiger partial charge >= 0.3 is 0 Å². The summed E-state index contributed by atoms with van der Waals surface area (Å²) in [6.45, 7) is 4.02. The minimum atomic E-state index is -0.131. The lowest BCUT2D eigenvalue weighted by Gasteiger charge is -2.11. The summed E-state index contributed by atoms with van der Waals surface area (Å²) in [7, 11) is 0. The van der Waals surface area contributed by atoms with Gasteiger partial charge in [0.05, 0.1) is 11.6 Å². The molecular formula is C22H22ClN3O3. The molecule has 29 heavy (non-hydrogen) atoms. The zero-order valence-electron chi connectivity index (χ0n) is 16.3. The lowest BCUT2D eigenvalue weighted by molar-refractivity contribution is -0.119. The van der Waals surface area contributed by atoms with Crippen molar-refractivity contribution >= 4 is 23.6 Å². The average Bonchev–Trinajstić information content (AvgIpc) is 3.51.